The molecule has 0 saturated heterocycles. The van der Waals surface area contributed by atoms with Crippen LogP contribution in [-0.2, 0) is 14.8 Å². The third-order valence-corrected chi connectivity index (χ3v) is 3.22. The van der Waals surface area contributed by atoms with Gasteiger partial charge in [-0.1, -0.05) is 0 Å². The fourth-order valence-electron chi connectivity index (χ4n) is 0.844. The maximum atomic E-state index is 11.0. The number of hydrogen-bond acceptors (Lipinski definition) is 4. The zero-order chi connectivity index (χ0) is 10.1. The molecule has 1 N–H and O–H groups in total. The number of nitrogens with zero attached hydrogens (tertiary/aromatic N) is 1. The van der Waals surface area contributed by atoms with Gasteiger partial charge in [-0.15, -0.1) is 0 Å². The van der Waals surface area contributed by atoms with Crippen LogP contribution < -0.4 is 0 Å². The molecule has 0 amide bonds. The molecule has 1 aliphatic heterocycles. The zero-order valence-corrected chi connectivity index (χ0v) is 8.35. The van der Waals surface area contributed by atoms with Crippen LogP contribution in [0.2, 0.25) is 0 Å². The van der Waals surface area contributed by atoms with E-state index in [0.29, 0.717) is 5.75 Å². The van der Waals surface area contributed by atoms with Crippen LogP contribution in [0.1, 0.15) is 0 Å². The Morgan fingerprint density at radius 2 is 2.31 bits per heavy atom. The highest BCUT2D eigenvalue weighted by atomic mass is 32.2. The van der Waals surface area contributed by atoms with Gasteiger partial charge in [-0.25, -0.2) is 4.79 Å². The first kappa shape index (κ1) is 10.3. The zero-order valence-electron chi connectivity index (χ0n) is 6.72. The molecule has 1 rings (SSSR count). The summed E-state index contributed by atoms with van der Waals surface area (Å²) < 4.78 is 25.4. The van der Waals surface area contributed by atoms with Crippen molar-refractivity contribution >= 4 is 33.5 Å². The van der Waals surface area contributed by atoms with E-state index in [4.69, 9.17) is 5.11 Å². The molecule has 0 radical (unpaired) electrons. The lowest BCUT2D eigenvalue weighted by Crippen LogP contribution is -2.07. The second-order valence-electron chi connectivity index (χ2n) is 2.30. The fourth-order valence-corrected chi connectivity index (χ4v) is 2.40. The van der Waals surface area contributed by atoms with Crippen LogP contribution in [0, 0.1) is 0 Å². The molecule has 0 atom stereocenters. The maximum absolute atomic E-state index is 11.0. The van der Waals surface area contributed by atoms with Crippen molar-refractivity contribution in [1.29, 1.82) is 0 Å². The van der Waals surface area contributed by atoms with Crippen molar-refractivity contribution in [3.05, 3.63) is 11.0 Å². The molecule has 72 valence electrons. The van der Waals surface area contributed by atoms with E-state index in [1.807, 2.05) is 0 Å². The molecular formula is C6H7NO4S2. The van der Waals surface area contributed by atoms with Gasteiger partial charge in [-0.2, -0.15) is 24.6 Å². The van der Waals surface area contributed by atoms with E-state index in [1.165, 1.54) is 11.8 Å². The van der Waals surface area contributed by atoms with Crippen LogP contribution in [-0.4, -0.2) is 37.2 Å². The average molecular weight is 221 g/mol. The van der Waals surface area contributed by atoms with E-state index >= 15 is 0 Å². The highest BCUT2D eigenvalue weighted by molar-refractivity contribution is 7.99. The largest absolute Gasteiger partial charge is 0.477 e. The van der Waals surface area contributed by atoms with E-state index in [-0.39, 0.29) is 5.71 Å². The third kappa shape index (κ3) is 2.10. The first-order valence-electron chi connectivity index (χ1n) is 3.25. The van der Waals surface area contributed by atoms with Gasteiger partial charge in [-0.3, -0.25) is 0 Å². The highest BCUT2D eigenvalue weighted by Crippen LogP contribution is 2.18. The Kier molecular flexibility index (Phi) is 2.77. The van der Waals surface area contributed by atoms with Gasteiger partial charge < -0.3 is 5.11 Å². The first-order chi connectivity index (χ1) is 5.97. The molecule has 5 nitrogen and oxygen atoms in total. The smallest absolute Gasteiger partial charge is 0.349 e. The van der Waals surface area contributed by atoms with Crippen molar-refractivity contribution in [3.63, 3.8) is 0 Å². The van der Waals surface area contributed by atoms with Crippen molar-refractivity contribution in [3.8, 4) is 0 Å². The summed E-state index contributed by atoms with van der Waals surface area (Å²) in [5.41, 5.74) is 0.282. The van der Waals surface area contributed by atoms with Gasteiger partial charge in [0.05, 0.1) is 5.71 Å². The second-order valence-corrected chi connectivity index (χ2v) is 4.74. The third-order valence-electron chi connectivity index (χ3n) is 1.32. The first-order valence-corrected chi connectivity index (χ1v) is 6.08. The Bertz CT molecular complexity index is 393. The number of thioether (sulfide) groups is 1. The van der Waals surface area contributed by atoms with E-state index in [1.54, 1.807) is 6.26 Å². The summed E-state index contributed by atoms with van der Waals surface area (Å²) in [6, 6.07) is 0. The molecule has 13 heavy (non-hydrogen) atoms. The maximum Gasteiger partial charge on any atom is 0.349 e. The van der Waals surface area contributed by atoms with Crippen LogP contribution in [0.3, 0.4) is 0 Å². The topological polar surface area (TPSA) is 83.8 Å². The molecule has 0 aliphatic carbocycles. The minimum atomic E-state index is -3.92. The standard InChI is InChI=1S/C6H7NO4S2/c1-12-3-4-2-5(6(8)9)13(10,11)7-4/h2H,3H2,1H3,(H,8,9). The van der Waals surface area contributed by atoms with Gasteiger partial charge in [0.2, 0.25) is 0 Å². The van der Waals surface area contributed by atoms with E-state index in [9.17, 15) is 13.2 Å². The van der Waals surface area contributed by atoms with Gasteiger partial charge in [0.25, 0.3) is 10.0 Å². The Labute approximate surface area is 79.6 Å². The van der Waals surface area contributed by atoms with Gasteiger partial charge in [-0.05, 0) is 12.3 Å². The fraction of sp³-hybridized carbons (Fsp3) is 0.333. The van der Waals surface area contributed by atoms with E-state index < -0.39 is 20.9 Å². The summed E-state index contributed by atoms with van der Waals surface area (Å²) >= 11 is 1.38. The number of carbonyl (C=O) groups is 1. The lowest BCUT2D eigenvalue weighted by Gasteiger charge is -1.89. The average Bonchev–Trinajstić information content (AvgIpc) is 2.26. The van der Waals surface area contributed by atoms with Crippen molar-refractivity contribution < 1.29 is 18.3 Å². The van der Waals surface area contributed by atoms with E-state index in [2.05, 4.69) is 4.40 Å². The highest BCUT2D eigenvalue weighted by Gasteiger charge is 2.29. The predicted octanol–water partition coefficient (Wildman–Crippen LogP) is 0.102. The van der Waals surface area contributed by atoms with Crippen LogP contribution in [0.25, 0.3) is 0 Å². The van der Waals surface area contributed by atoms with Gasteiger partial charge in [0.1, 0.15) is 0 Å². The second kappa shape index (κ2) is 3.51. The van der Waals surface area contributed by atoms with Crippen molar-refractivity contribution in [1.82, 2.24) is 0 Å². The molecule has 0 fully saturated rings. The minimum absolute atomic E-state index is 0.282. The molecule has 7 heteroatoms. The molecule has 1 heterocycles. The molecule has 0 bridgehead atoms. The number of carboxylic acid groups (broad SMARTS) is 1. The van der Waals surface area contributed by atoms with Crippen molar-refractivity contribution in [2.24, 2.45) is 4.40 Å². The molecule has 0 aromatic heterocycles. The number of aliphatic carboxylic acids is 1. The van der Waals surface area contributed by atoms with Crippen LogP contribution in [0.5, 0.6) is 0 Å². The van der Waals surface area contributed by atoms with E-state index in [0.717, 1.165) is 6.08 Å². The number of rotatable bonds is 3. The summed E-state index contributed by atoms with van der Waals surface area (Å²) in [7, 11) is -3.92. The Morgan fingerprint density at radius 1 is 1.69 bits per heavy atom. The van der Waals surface area contributed by atoms with Gasteiger partial charge >= 0.3 is 5.97 Å². The summed E-state index contributed by atoms with van der Waals surface area (Å²) in [4.78, 5) is 9.80. The normalized spacial score (nSPS) is 19.5. The molecule has 1 aliphatic rings. The quantitative estimate of drug-likeness (QED) is 0.730. The van der Waals surface area contributed by atoms with Crippen molar-refractivity contribution in [2.75, 3.05) is 12.0 Å². The number of carboxylic acids is 1. The monoisotopic (exact) mass is 221 g/mol. The van der Waals surface area contributed by atoms with Crippen molar-refractivity contribution in [2.45, 2.75) is 0 Å². The molecule has 0 saturated carbocycles. The molecule has 0 aromatic carbocycles. The minimum Gasteiger partial charge on any atom is -0.477 e. The predicted molar refractivity (Wildman–Crippen MR) is 50.5 cm³/mol. The summed E-state index contributed by atoms with van der Waals surface area (Å²) in [6.45, 7) is 0. The lowest BCUT2D eigenvalue weighted by atomic mass is 10.4. The van der Waals surface area contributed by atoms with Crippen LogP contribution >= 0.6 is 11.8 Å². The Balaban J connectivity index is 3.05. The van der Waals surface area contributed by atoms with Gasteiger partial charge in [0, 0.05) is 5.75 Å². The molecule has 0 aromatic rings. The molecular weight excluding hydrogens is 214 g/mol. The SMILES string of the molecule is CSCC1=NS(=O)(=O)C(C(=O)O)=C1. The lowest BCUT2D eigenvalue weighted by molar-refractivity contribution is -0.131. The van der Waals surface area contributed by atoms with Crippen LogP contribution in [0.4, 0.5) is 0 Å². The Hall–Kier alpha value is -0.820. The number of allylic oxidation sites excluding steroid dienone is 1. The summed E-state index contributed by atoms with van der Waals surface area (Å²) in [5.74, 6) is -1.06. The molecule has 0 unspecified atom stereocenters. The number of sulfonamides is 1. The van der Waals surface area contributed by atoms with Gasteiger partial charge in [0.15, 0.2) is 4.91 Å². The summed E-state index contributed by atoms with van der Waals surface area (Å²) in [5, 5.41) is 8.51. The number of hydrogen-bond donors (Lipinski definition) is 1. The molecule has 0 spiro atoms. The van der Waals surface area contributed by atoms with Crippen LogP contribution in [0.15, 0.2) is 15.4 Å². The Morgan fingerprint density at radius 3 is 2.69 bits per heavy atom. The summed E-state index contributed by atoms with van der Waals surface area (Å²) in [6.07, 6.45) is 2.87.